The fraction of sp³-hybridized carbons (Fsp3) is 0.294. The molecule has 0 heterocycles. The summed E-state index contributed by atoms with van der Waals surface area (Å²) in [4.78, 5) is 2.18. The SMILES string of the molecule is CCc1ccc(N(C)c2ccc([C@@H](C)N)cc2)cc1. The lowest BCUT2D eigenvalue weighted by atomic mass is 10.1. The van der Waals surface area contributed by atoms with Gasteiger partial charge in [0.1, 0.15) is 0 Å². The molecule has 2 aromatic rings. The normalized spacial score (nSPS) is 12.2. The molecule has 2 aromatic carbocycles. The number of hydrogen-bond acceptors (Lipinski definition) is 2. The summed E-state index contributed by atoms with van der Waals surface area (Å²) in [5.74, 6) is 0. The number of aryl methyl sites for hydroxylation is 1. The third-order valence-electron chi connectivity index (χ3n) is 3.54. The highest BCUT2D eigenvalue weighted by atomic mass is 15.1. The molecule has 2 N–H and O–H groups in total. The molecule has 100 valence electrons. The molecule has 0 saturated heterocycles. The van der Waals surface area contributed by atoms with Gasteiger partial charge in [-0.15, -0.1) is 0 Å². The van der Waals surface area contributed by atoms with Crippen LogP contribution in [0.25, 0.3) is 0 Å². The maximum atomic E-state index is 5.87. The highest BCUT2D eigenvalue weighted by molar-refractivity contribution is 5.62. The molecule has 0 spiro atoms. The lowest BCUT2D eigenvalue weighted by Crippen LogP contribution is -2.10. The standard InChI is InChI=1S/C17H22N2/c1-4-14-5-9-16(10-6-14)19(3)17-11-7-15(8-12-17)13(2)18/h5-13H,4,18H2,1-3H3/t13-/m1/s1. The molecule has 19 heavy (non-hydrogen) atoms. The average Bonchev–Trinajstić information content (AvgIpc) is 2.46. The van der Waals surface area contributed by atoms with Crippen LogP contribution in [0.4, 0.5) is 11.4 Å². The molecule has 0 unspecified atom stereocenters. The Morgan fingerprint density at radius 2 is 1.42 bits per heavy atom. The first kappa shape index (κ1) is 13.6. The Labute approximate surface area is 115 Å². The molecular weight excluding hydrogens is 232 g/mol. The van der Waals surface area contributed by atoms with E-state index in [-0.39, 0.29) is 6.04 Å². The van der Waals surface area contributed by atoms with Crippen LogP contribution in [0, 0.1) is 0 Å². The molecule has 0 aliphatic heterocycles. The van der Waals surface area contributed by atoms with Crippen LogP contribution in [0.15, 0.2) is 48.5 Å². The van der Waals surface area contributed by atoms with Crippen molar-refractivity contribution < 1.29 is 0 Å². The van der Waals surface area contributed by atoms with Crippen LogP contribution in [-0.2, 0) is 6.42 Å². The summed E-state index contributed by atoms with van der Waals surface area (Å²) in [6, 6.07) is 17.2. The average molecular weight is 254 g/mol. The van der Waals surface area contributed by atoms with Gasteiger partial charge in [-0.3, -0.25) is 0 Å². The summed E-state index contributed by atoms with van der Waals surface area (Å²) in [5, 5.41) is 0. The topological polar surface area (TPSA) is 29.3 Å². The molecule has 0 fully saturated rings. The lowest BCUT2D eigenvalue weighted by Gasteiger charge is -2.20. The van der Waals surface area contributed by atoms with Gasteiger partial charge < -0.3 is 10.6 Å². The Hall–Kier alpha value is -1.80. The molecule has 0 radical (unpaired) electrons. The molecule has 2 rings (SSSR count). The molecule has 0 aromatic heterocycles. The van der Waals surface area contributed by atoms with E-state index in [1.54, 1.807) is 0 Å². The molecule has 1 atom stereocenters. The molecular formula is C17H22N2. The van der Waals surface area contributed by atoms with Crippen LogP contribution in [-0.4, -0.2) is 7.05 Å². The molecule has 0 amide bonds. The zero-order valence-electron chi connectivity index (χ0n) is 11.9. The number of benzene rings is 2. The van der Waals surface area contributed by atoms with Gasteiger partial charge in [0, 0.05) is 24.5 Å². The van der Waals surface area contributed by atoms with Crippen molar-refractivity contribution in [2.45, 2.75) is 26.3 Å². The van der Waals surface area contributed by atoms with Crippen molar-refractivity contribution in [2.24, 2.45) is 5.73 Å². The quantitative estimate of drug-likeness (QED) is 0.892. The first-order valence-corrected chi connectivity index (χ1v) is 6.80. The second-order valence-electron chi connectivity index (χ2n) is 4.96. The Balaban J connectivity index is 2.20. The predicted octanol–water partition coefficient (Wildman–Crippen LogP) is 4.04. The van der Waals surface area contributed by atoms with E-state index in [0.717, 1.165) is 6.42 Å². The molecule has 0 bridgehead atoms. The Kier molecular flexibility index (Phi) is 4.23. The third-order valence-corrected chi connectivity index (χ3v) is 3.54. The first-order chi connectivity index (χ1) is 9.11. The molecule has 0 saturated carbocycles. The van der Waals surface area contributed by atoms with Crippen LogP contribution in [0.1, 0.15) is 31.0 Å². The van der Waals surface area contributed by atoms with Crippen LogP contribution < -0.4 is 10.6 Å². The lowest BCUT2D eigenvalue weighted by molar-refractivity contribution is 0.818. The second-order valence-corrected chi connectivity index (χ2v) is 4.96. The van der Waals surface area contributed by atoms with Gasteiger partial charge in [-0.25, -0.2) is 0 Å². The third kappa shape index (κ3) is 3.15. The van der Waals surface area contributed by atoms with Crippen LogP contribution >= 0.6 is 0 Å². The minimum atomic E-state index is 0.0863. The van der Waals surface area contributed by atoms with Crippen molar-refractivity contribution in [1.82, 2.24) is 0 Å². The van der Waals surface area contributed by atoms with E-state index < -0.39 is 0 Å². The van der Waals surface area contributed by atoms with Crippen LogP contribution in [0.5, 0.6) is 0 Å². The monoisotopic (exact) mass is 254 g/mol. The van der Waals surface area contributed by atoms with Crippen LogP contribution in [0.2, 0.25) is 0 Å². The molecule has 0 aliphatic carbocycles. The van der Waals surface area contributed by atoms with E-state index in [4.69, 9.17) is 5.73 Å². The number of nitrogens with two attached hydrogens (primary N) is 1. The summed E-state index contributed by atoms with van der Waals surface area (Å²) in [6.45, 7) is 4.17. The van der Waals surface area contributed by atoms with Gasteiger partial charge in [0.05, 0.1) is 0 Å². The molecule has 0 aliphatic rings. The Morgan fingerprint density at radius 1 is 0.947 bits per heavy atom. The molecule has 2 nitrogen and oxygen atoms in total. The van der Waals surface area contributed by atoms with E-state index in [1.165, 1.54) is 22.5 Å². The molecule has 2 heteroatoms. The van der Waals surface area contributed by atoms with E-state index in [0.29, 0.717) is 0 Å². The van der Waals surface area contributed by atoms with Crippen molar-refractivity contribution >= 4 is 11.4 Å². The summed E-state index contributed by atoms with van der Waals surface area (Å²) < 4.78 is 0. The summed E-state index contributed by atoms with van der Waals surface area (Å²) in [6.07, 6.45) is 1.08. The number of rotatable bonds is 4. The first-order valence-electron chi connectivity index (χ1n) is 6.80. The highest BCUT2D eigenvalue weighted by Crippen LogP contribution is 2.25. The second kappa shape index (κ2) is 5.89. The van der Waals surface area contributed by atoms with Gasteiger partial charge in [0.15, 0.2) is 0 Å². The zero-order valence-corrected chi connectivity index (χ0v) is 11.9. The summed E-state index contributed by atoms with van der Waals surface area (Å²) in [5.41, 5.74) is 10.8. The maximum Gasteiger partial charge on any atom is 0.0408 e. The number of hydrogen-bond donors (Lipinski definition) is 1. The van der Waals surface area contributed by atoms with Gasteiger partial charge in [-0.1, -0.05) is 31.2 Å². The van der Waals surface area contributed by atoms with E-state index in [9.17, 15) is 0 Å². The van der Waals surface area contributed by atoms with Crippen molar-refractivity contribution in [3.8, 4) is 0 Å². The minimum absolute atomic E-state index is 0.0863. The van der Waals surface area contributed by atoms with Crippen molar-refractivity contribution in [2.75, 3.05) is 11.9 Å². The smallest absolute Gasteiger partial charge is 0.0408 e. The highest BCUT2D eigenvalue weighted by Gasteiger charge is 2.05. The van der Waals surface area contributed by atoms with Gasteiger partial charge in [0.25, 0.3) is 0 Å². The Bertz CT molecular complexity index is 512. The predicted molar refractivity (Wildman–Crippen MR) is 82.9 cm³/mol. The van der Waals surface area contributed by atoms with Gasteiger partial charge >= 0.3 is 0 Å². The van der Waals surface area contributed by atoms with Gasteiger partial charge in [-0.05, 0) is 48.7 Å². The number of anilines is 2. The maximum absolute atomic E-state index is 5.87. The van der Waals surface area contributed by atoms with Gasteiger partial charge in [0.2, 0.25) is 0 Å². The van der Waals surface area contributed by atoms with Crippen molar-refractivity contribution in [3.05, 3.63) is 59.7 Å². The van der Waals surface area contributed by atoms with Crippen LogP contribution in [0.3, 0.4) is 0 Å². The van der Waals surface area contributed by atoms with E-state index in [2.05, 4.69) is 67.4 Å². The zero-order chi connectivity index (χ0) is 13.8. The minimum Gasteiger partial charge on any atom is -0.345 e. The van der Waals surface area contributed by atoms with E-state index in [1.807, 2.05) is 6.92 Å². The fourth-order valence-electron chi connectivity index (χ4n) is 2.11. The van der Waals surface area contributed by atoms with Gasteiger partial charge in [-0.2, -0.15) is 0 Å². The largest absolute Gasteiger partial charge is 0.345 e. The van der Waals surface area contributed by atoms with Crippen molar-refractivity contribution in [3.63, 3.8) is 0 Å². The summed E-state index contributed by atoms with van der Waals surface area (Å²) >= 11 is 0. The Morgan fingerprint density at radius 3 is 1.84 bits per heavy atom. The number of nitrogens with zero attached hydrogens (tertiary/aromatic N) is 1. The van der Waals surface area contributed by atoms with E-state index >= 15 is 0 Å². The summed E-state index contributed by atoms with van der Waals surface area (Å²) in [7, 11) is 2.09. The van der Waals surface area contributed by atoms with Crippen molar-refractivity contribution in [1.29, 1.82) is 0 Å². The fourth-order valence-corrected chi connectivity index (χ4v) is 2.11.